The highest BCUT2D eigenvalue weighted by Gasteiger charge is 1.93. The summed E-state index contributed by atoms with van der Waals surface area (Å²) >= 11 is 6.77. The van der Waals surface area contributed by atoms with Crippen LogP contribution in [0.2, 0.25) is 0 Å². The van der Waals surface area contributed by atoms with Gasteiger partial charge in [0.2, 0.25) is 0 Å². The lowest BCUT2D eigenvalue weighted by Crippen LogP contribution is -2.14. The fraction of sp³-hybridized carbons (Fsp3) is 0.444. The second kappa shape index (κ2) is 6.51. The molecule has 4 heteroatoms. The Bertz CT molecular complexity index is 253. The summed E-state index contributed by atoms with van der Waals surface area (Å²) in [6.07, 6.45) is 4.83. The van der Waals surface area contributed by atoms with Crippen molar-refractivity contribution in [3.05, 3.63) is 28.5 Å². The van der Waals surface area contributed by atoms with E-state index in [1.54, 1.807) is 6.20 Å². The number of nitrogens with zero attached hydrogens (tertiary/aromatic N) is 1. The Morgan fingerprint density at radius 3 is 2.92 bits per heavy atom. The van der Waals surface area contributed by atoms with E-state index in [1.165, 1.54) is 5.56 Å². The normalized spacial score (nSPS) is 10.3. The van der Waals surface area contributed by atoms with Gasteiger partial charge in [-0.25, -0.2) is 0 Å². The standard InChI is InChI=1S/C9H12Br2N2/c10-2-1-3-12-5-8-4-9(11)7-13-6-8/h4,6-7,12H,1-3,5H2. The Morgan fingerprint density at radius 1 is 1.38 bits per heavy atom. The van der Waals surface area contributed by atoms with Crippen LogP contribution in [-0.4, -0.2) is 16.9 Å². The molecule has 2 nitrogen and oxygen atoms in total. The highest BCUT2D eigenvalue weighted by atomic mass is 79.9. The van der Waals surface area contributed by atoms with Crippen molar-refractivity contribution in [3.63, 3.8) is 0 Å². The van der Waals surface area contributed by atoms with E-state index in [2.05, 4.69) is 48.2 Å². The van der Waals surface area contributed by atoms with E-state index < -0.39 is 0 Å². The smallest absolute Gasteiger partial charge is 0.0410 e. The average Bonchev–Trinajstić information content (AvgIpc) is 2.13. The van der Waals surface area contributed by atoms with Crippen molar-refractivity contribution in [2.45, 2.75) is 13.0 Å². The van der Waals surface area contributed by atoms with Crippen LogP contribution in [0.3, 0.4) is 0 Å². The molecule has 0 bridgehead atoms. The van der Waals surface area contributed by atoms with E-state index in [1.807, 2.05) is 6.20 Å². The van der Waals surface area contributed by atoms with Gasteiger partial charge in [-0.15, -0.1) is 0 Å². The molecule has 0 aliphatic carbocycles. The quantitative estimate of drug-likeness (QED) is 0.668. The van der Waals surface area contributed by atoms with E-state index in [0.29, 0.717) is 0 Å². The van der Waals surface area contributed by atoms with Gasteiger partial charge >= 0.3 is 0 Å². The third-order valence-corrected chi connectivity index (χ3v) is 2.57. The second-order valence-electron chi connectivity index (χ2n) is 2.73. The molecule has 0 aromatic carbocycles. The van der Waals surface area contributed by atoms with E-state index in [9.17, 15) is 0 Å². The number of hydrogen-bond acceptors (Lipinski definition) is 2. The van der Waals surface area contributed by atoms with Gasteiger partial charge in [-0.1, -0.05) is 15.9 Å². The lowest BCUT2D eigenvalue weighted by Gasteiger charge is -2.03. The zero-order valence-electron chi connectivity index (χ0n) is 7.26. The first-order valence-electron chi connectivity index (χ1n) is 4.19. The lowest BCUT2D eigenvalue weighted by atomic mass is 10.3. The van der Waals surface area contributed by atoms with Gasteiger partial charge in [-0.05, 0) is 40.5 Å². The molecule has 0 aliphatic rings. The summed E-state index contributed by atoms with van der Waals surface area (Å²) in [5, 5.41) is 4.39. The minimum Gasteiger partial charge on any atom is -0.313 e. The monoisotopic (exact) mass is 306 g/mol. The van der Waals surface area contributed by atoms with Crippen molar-refractivity contribution >= 4 is 31.9 Å². The summed E-state index contributed by atoms with van der Waals surface area (Å²) < 4.78 is 1.03. The molecule has 0 unspecified atom stereocenters. The summed E-state index contributed by atoms with van der Waals surface area (Å²) in [6.45, 7) is 1.93. The van der Waals surface area contributed by atoms with E-state index in [0.717, 1.165) is 29.3 Å². The van der Waals surface area contributed by atoms with Crippen molar-refractivity contribution in [2.24, 2.45) is 0 Å². The molecular formula is C9H12Br2N2. The first-order chi connectivity index (χ1) is 6.33. The first kappa shape index (κ1) is 11.1. The molecule has 72 valence electrons. The van der Waals surface area contributed by atoms with Gasteiger partial charge in [0.05, 0.1) is 0 Å². The third kappa shape index (κ3) is 4.74. The molecule has 0 spiro atoms. The maximum absolute atomic E-state index is 4.09. The number of nitrogens with one attached hydrogen (secondary N) is 1. The summed E-state index contributed by atoms with van der Waals surface area (Å²) in [7, 11) is 0. The number of aromatic nitrogens is 1. The summed E-state index contributed by atoms with van der Waals surface area (Å²) in [5.41, 5.74) is 1.21. The minimum atomic E-state index is 0.888. The topological polar surface area (TPSA) is 24.9 Å². The van der Waals surface area contributed by atoms with Crippen molar-refractivity contribution in [1.29, 1.82) is 0 Å². The summed E-state index contributed by atoms with van der Waals surface area (Å²) in [6, 6.07) is 2.08. The fourth-order valence-corrected chi connectivity index (χ4v) is 1.67. The number of hydrogen-bond donors (Lipinski definition) is 1. The average molecular weight is 308 g/mol. The Kier molecular flexibility index (Phi) is 5.58. The second-order valence-corrected chi connectivity index (χ2v) is 4.44. The molecule has 13 heavy (non-hydrogen) atoms. The molecular weight excluding hydrogens is 296 g/mol. The van der Waals surface area contributed by atoms with Gasteiger partial charge < -0.3 is 5.32 Å². The van der Waals surface area contributed by atoms with Crippen LogP contribution in [-0.2, 0) is 6.54 Å². The van der Waals surface area contributed by atoms with Crippen LogP contribution in [0.25, 0.3) is 0 Å². The van der Waals surface area contributed by atoms with Gasteiger partial charge in [0.25, 0.3) is 0 Å². The van der Waals surface area contributed by atoms with Crippen LogP contribution < -0.4 is 5.32 Å². The largest absolute Gasteiger partial charge is 0.313 e. The summed E-state index contributed by atoms with van der Waals surface area (Å²) in [4.78, 5) is 4.09. The van der Waals surface area contributed by atoms with Gasteiger partial charge in [-0.2, -0.15) is 0 Å². The molecule has 1 heterocycles. The highest BCUT2D eigenvalue weighted by molar-refractivity contribution is 9.10. The first-order valence-corrected chi connectivity index (χ1v) is 6.10. The van der Waals surface area contributed by atoms with E-state index in [4.69, 9.17) is 0 Å². The molecule has 0 saturated heterocycles. The van der Waals surface area contributed by atoms with Crippen molar-refractivity contribution in [3.8, 4) is 0 Å². The van der Waals surface area contributed by atoms with Crippen LogP contribution in [0, 0.1) is 0 Å². The third-order valence-electron chi connectivity index (χ3n) is 1.58. The van der Waals surface area contributed by atoms with Gasteiger partial charge in [0.1, 0.15) is 0 Å². The fourth-order valence-electron chi connectivity index (χ4n) is 0.977. The van der Waals surface area contributed by atoms with Crippen LogP contribution in [0.1, 0.15) is 12.0 Å². The molecule has 1 aromatic rings. The van der Waals surface area contributed by atoms with Crippen molar-refractivity contribution in [1.82, 2.24) is 10.3 Å². The zero-order valence-corrected chi connectivity index (χ0v) is 10.4. The van der Waals surface area contributed by atoms with Crippen LogP contribution in [0.15, 0.2) is 22.9 Å². The number of pyridine rings is 1. The number of alkyl halides is 1. The molecule has 1 aromatic heterocycles. The lowest BCUT2D eigenvalue weighted by molar-refractivity contribution is 0.678. The van der Waals surface area contributed by atoms with E-state index >= 15 is 0 Å². The highest BCUT2D eigenvalue weighted by Crippen LogP contribution is 2.08. The Balaban J connectivity index is 2.28. The summed E-state index contributed by atoms with van der Waals surface area (Å²) in [5.74, 6) is 0. The predicted molar refractivity (Wildman–Crippen MR) is 62.1 cm³/mol. The maximum atomic E-state index is 4.09. The maximum Gasteiger partial charge on any atom is 0.0410 e. The molecule has 0 saturated carbocycles. The van der Waals surface area contributed by atoms with Gasteiger partial charge in [0.15, 0.2) is 0 Å². The number of halogens is 2. The van der Waals surface area contributed by atoms with Crippen LogP contribution in [0.5, 0.6) is 0 Å². The Hall–Kier alpha value is 0.0700. The molecule has 0 aliphatic heterocycles. The van der Waals surface area contributed by atoms with Gasteiger partial charge in [0, 0.05) is 28.7 Å². The molecule has 0 fully saturated rings. The molecule has 1 N–H and O–H groups in total. The number of rotatable bonds is 5. The Morgan fingerprint density at radius 2 is 2.23 bits per heavy atom. The predicted octanol–water partition coefficient (Wildman–Crippen LogP) is 2.72. The zero-order chi connectivity index (χ0) is 9.52. The van der Waals surface area contributed by atoms with Crippen molar-refractivity contribution in [2.75, 3.05) is 11.9 Å². The van der Waals surface area contributed by atoms with Gasteiger partial charge in [-0.3, -0.25) is 4.98 Å². The minimum absolute atomic E-state index is 0.888. The molecule has 1 rings (SSSR count). The molecule has 0 amide bonds. The SMILES string of the molecule is BrCCCNCc1cncc(Br)c1. The molecule has 0 radical (unpaired) electrons. The van der Waals surface area contributed by atoms with Crippen LogP contribution >= 0.6 is 31.9 Å². The Labute approximate surface area is 95.4 Å². The van der Waals surface area contributed by atoms with E-state index in [-0.39, 0.29) is 0 Å². The van der Waals surface area contributed by atoms with Crippen LogP contribution in [0.4, 0.5) is 0 Å². The van der Waals surface area contributed by atoms with Crippen molar-refractivity contribution < 1.29 is 0 Å². The molecule has 0 atom stereocenters.